The molecule has 2 N–H and O–H groups in total. The van der Waals surface area contributed by atoms with Crippen molar-refractivity contribution in [3.63, 3.8) is 0 Å². The molecule has 0 aromatic heterocycles. The number of nitrogens with zero attached hydrogens (tertiary/aromatic N) is 2. The number of hydrogen-bond donors (Lipinski definition) is 2. The van der Waals surface area contributed by atoms with Crippen LogP contribution >= 0.6 is 0 Å². The molecule has 0 bridgehead atoms. The van der Waals surface area contributed by atoms with Crippen LogP contribution in [-0.4, -0.2) is 63.9 Å². The summed E-state index contributed by atoms with van der Waals surface area (Å²) in [5.74, 6) is 1.66. The van der Waals surface area contributed by atoms with Crippen LogP contribution in [0.25, 0.3) is 0 Å². The lowest BCUT2D eigenvalue weighted by molar-refractivity contribution is 0.0392. The molecule has 0 radical (unpaired) electrons. The van der Waals surface area contributed by atoms with E-state index in [2.05, 4.69) is 46.3 Å². The van der Waals surface area contributed by atoms with Crippen LogP contribution in [0.1, 0.15) is 18.4 Å². The van der Waals surface area contributed by atoms with Gasteiger partial charge in [-0.15, -0.1) is 6.58 Å². The van der Waals surface area contributed by atoms with Gasteiger partial charge in [0.25, 0.3) is 0 Å². The van der Waals surface area contributed by atoms with E-state index in [-0.39, 0.29) is 0 Å². The highest BCUT2D eigenvalue weighted by atomic mass is 16.5. The highest BCUT2D eigenvalue weighted by Crippen LogP contribution is 2.15. The van der Waals surface area contributed by atoms with Gasteiger partial charge in [-0.1, -0.05) is 18.2 Å². The number of hydrogen-bond acceptors (Lipinski definition) is 4. The van der Waals surface area contributed by atoms with E-state index in [1.807, 2.05) is 12.1 Å². The number of ether oxygens (including phenoxy) is 2. The Balaban J connectivity index is 1.74. The molecule has 1 saturated heterocycles. The topological polar surface area (TPSA) is 58.1 Å². The Hall–Kier alpha value is -2.05. The first-order chi connectivity index (χ1) is 12.7. The summed E-state index contributed by atoms with van der Waals surface area (Å²) in [4.78, 5) is 6.56. The van der Waals surface area contributed by atoms with E-state index in [1.165, 1.54) is 0 Å². The zero-order valence-electron chi connectivity index (χ0n) is 16.0. The van der Waals surface area contributed by atoms with Gasteiger partial charge in [0, 0.05) is 45.9 Å². The summed E-state index contributed by atoms with van der Waals surface area (Å²) < 4.78 is 11.4. The van der Waals surface area contributed by atoms with Crippen LogP contribution in [-0.2, 0) is 11.3 Å². The molecule has 1 aliphatic heterocycles. The lowest BCUT2D eigenvalue weighted by atomic mass is 10.1. The Labute approximate surface area is 157 Å². The molecule has 1 fully saturated rings. The van der Waals surface area contributed by atoms with E-state index in [9.17, 15) is 0 Å². The monoisotopic (exact) mass is 360 g/mol. The number of benzene rings is 1. The number of aliphatic imine (C=N–C) groups is 1. The van der Waals surface area contributed by atoms with E-state index in [4.69, 9.17) is 9.47 Å². The van der Waals surface area contributed by atoms with Gasteiger partial charge in [-0.2, -0.15) is 0 Å². The van der Waals surface area contributed by atoms with Gasteiger partial charge in [-0.3, -0.25) is 9.89 Å². The predicted molar refractivity (Wildman–Crippen MR) is 107 cm³/mol. The average molecular weight is 361 g/mol. The second kappa shape index (κ2) is 11.5. The summed E-state index contributed by atoms with van der Waals surface area (Å²) in [6.45, 7) is 8.42. The SMILES string of the molecule is C=CCNC(=NC)NCc1cccc(OCCN(C)C2CCOCC2)c1. The molecule has 0 aliphatic carbocycles. The molecule has 1 aromatic carbocycles. The van der Waals surface area contributed by atoms with Crippen molar-refractivity contribution in [2.45, 2.75) is 25.4 Å². The maximum atomic E-state index is 5.95. The van der Waals surface area contributed by atoms with Gasteiger partial charge in [-0.25, -0.2) is 0 Å². The quantitative estimate of drug-likeness (QED) is 0.401. The minimum atomic E-state index is 0.609. The molecule has 6 heteroatoms. The average Bonchev–Trinajstić information content (AvgIpc) is 2.69. The molecule has 144 valence electrons. The van der Waals surface area contributed by atoms with Gasteiger partial charge in [0.05, 0.1) is 0 Å². The van der Waals surface area contributed by atoms with Crippen LogP contribution in [0.4, 0.5) is 0 Å². The molecule has 0 spiro atoms. The second-order valence-electron chi connectivity index (χ2n) is 6.42. The molecule has 1 heterocycles. The standard InChI is InChI=1S/C20H32N4O2/c1-4-10-22-20(21-2)23-16-17-6-5-7-19(15-17)26-14-11-24(3)18-8-12-25-13-9-18/h4-7,15,18H,1,8-14,16H2,2-3H3,(H2,21,22,23). The van der Waals surface area contributed by atoms with Crippen molar-refractivity contribution in [3.05, 3.63) is 42.5 Å². The zero-order chi connectivity index (χ0) is 18.6. The van der Waals surface area contributed by atoms with Crippen LogP contribution in [0.2, 0.25) is 0 Å². The fourth-order valence-corrected chi connectivity index (χ4v) is 2.94. The van der Waals surface area contributed by atoms with Gasteiger partial charge in [0.1, 0.15) is 12.4 Å². The van der Waals surface area contributed by atoms with Crippen molar-refractivity contribution in [3.8, 4) is 5.75 Å². The van der Waals surface area contributed by atoms with Crippen LogP contribution in [0.5, 0.6) is 5.75 Å². The number of guanidine groups is 1. The molecule has 6 nitrogen and oxygen atoms in total. The molecule has 26 heavy (non-hydrogen) atoms. The normalized spacial score (nSPS) is 15.7. The van der Waals surface area contributed by atoms with Crippen molar-refractivity contribution < 1.29 is 9.47 Å². The lowest BCUT2D eigenvalue weighted by Gasteiger charge is -2.31. The first-order valence-corrected chi connectivity index (χ1v) is 9.28. The predicted octanol–water partition coefficient (Wildman–Crippen LogP) is 2.03. The van der Waals surface area contributed by atoms with Crippen LogP contribution in [0, 0.1) is 0 Å². The van der Waals surface area contributed by atoms with Crippen LogP contribution in [0.15, 0.2) is 41.9 Å². The maximum absolute atomic E-state index is 5.95. The minimum Gasteiger partial charge on any atom is -0.492 e. The van der Waals surface area contributed by atoms with E-state index < -0.39 is 0 Å². The summed E-state index contributed by atoms with van der Waals surface area (Å²) >= 11 is 0. The Morgan fingerprint density at radius 3 is 2.92 bits per heavy atom. The van der Waals surface area contributed by atoms with E-state index in [0.717, 1.165) is 49.9 Å². The molecule has 1 aromatic rings. The summed E-state index contributed by atoms with van der Waals surface area (Å²) in [6, 6.07) is 8.78. The molecule has 2 rings (SSSR count). The van der Waals surface area contributed by atoms with Gasteiger partial charge in [0.2, 0.25) is 0 Å². The minimum absolute atomic E-state index is 0.609. The second-order valence-corrected chi connectivity index (χ2v) is 6.42. The van der Waals surface area contributed by atoms with E-state index in [1.54, 1.807) is 13.1 Å². The van der Waals surface area contributed by atoms with E-state index >= 15 is 0 Å². The van der Waals surface area contributed by atoms with E-state index in [0.29, 0.717) is 25.7 Å². The van der Waals surface area contributed by atoms with Crippen molar-refractivity contribution in [2.24, 2.45) is 4.99 Å². The van der Waals surface area contributed by atoms with Gasteiger partial charge >= 0.3 is 0 Å². The molecule has 0 atom stereocenters. The molecule has 0 amide bonds. The Morgan fingerprint density at radius 1 is 1.38 bits per heavy atom. The highest BCUT2D eigenvalue weighted by Gasteiger charge is 2.17. The highest BCUT2D eigenvalue weighted by molar-refractivity contribution is 5.79. The fourth-order valence-electron chi connectivity index (χ4n) is 2.94. The number of likely N-dealkylation sites (N-methyl/N-ethyl adjacent to an activating group) is 1. The summed E-state index contributed by atoms with van der Waals surface area (Å²) in [6.07, 6.45) is 4.02. The Kier molecular flexibility index (Phi) is 9.00. The molecule has 1 aliphatic rings. The zero-order valence-corrected chi connectivity index (χ0v) is 16.0. The molecule has 0 unspecified atom stereocenters. The molecule has 0 saturated carbocycles. The van der Waals surface area contributed by atoms with Crippen molar-refractivity contribution in [1.29, 1.82) is 0 Å². The van der Waals surface area contributed by atoms with Gasteiger partial charge in [0.15, 0.2) is 5.96 Å². The summed E-state index contributed by atoms with van der Waals surface area (Å²) in [7, 11) is 3.93. The number of nitrogens with one attached hydrogen (secondary N) is 2. The summed E-state index contributed by atoms with van der Waals surface area (Å²) in [5, 5.41) is 6.44. The van der Waals surface area contributed by atoms with Crippen molar-refractivity contribution in [1.82, 2.24) is 15.5 Å². The van der Waals surface area contributed by atoms with Crippen molar-refractivity contribution >= 4 is 5.96 Å². The summed E-state index contributed by atoms with van der Waals surface area (Å²) in [5.41, 5.74) is 1.15. The first kappa shape index (κ1) is 20.3. The van der Waals surface area contributed by atoms with Crippen LogP contribution in [0.3, 0.4) is 0 Å². The Bertz CT molecular complexity index is 571. The third kappa shape index (κ3) is 7.06. The van der Waals surface area contributed by atoms with Crippen molar-refractivity contribution in [2.75, 3.05) is 47.0 Å². The third-order valence-electron chi connectivity index (χ3n) is 4.52. The first-order valence-electron chi connectivity index (χ1n) is 9.28. The Morgan fingerprint density at radius 2 is 2.19 bits per heavy atom. The smallest absolute Gasteiger partial charge is 0.191 e. The van der Waals surface area contributed by atoms with Crippen LogP contribution < -0.4 is 15.4 Å². The lowest BCUT2D eigenvalue weighted by Crippen LogP contribution is -2.38. The molecular weight excluding hydrogens is 328 g/mol. The number of rotatable bonds is 9. The largest absolute Gasteiger partial charge is 0.492 e. The third-order valence-corrected chi connectivity index (χ3v) is 4.52. The van der Waals surface area contributed by atoms with Gasteiger partial charge < -0.3 is 20.1 Å². The molecular formula is C20H32N4O2. The van der Waals surface area contributed by atoms with Gasteiger partial charge in [-0.05, 0) is 37.6 Å². The fraction of sp³-hybridized carbons (Fsp3) is 0.550. The maximum Gasteiger partial charge on any atom is 0.191 e.